The average molecular weight is 282 g/mol. The van der Waals surface area contributed by atoms with Crippen molar-refractivity contribution in [3.63, 3.8) is 0 Å². The van der Waals surface area contributed by atoms with Crippen LogP contribution in [0.2, 0.25) is 0 Å². The molecule has 0 saturated heterocycles. The number of benzene rings is 1. The van der Waals surface area contributed by atoms with Crippen molar-refractivity contribution in [2.45, 2.75) is 12.1 Å². The Kier molecular flexibility index (Phi) is 3.52. The third-order valence-electron chi connectivity index (χ3n) is 2.91. The molecule has 100 valence electrons. The minimum Gasteiger partial charge on any atom is -0.187 e. The third kappa shape index (κ3) is 2.44. The first kappa shape index (κ1) is 12.9. The largest absolute Gasteiger partial charge is 0.212 e. The van der Waals surface area contributed by atoms with E-state index in [1.807, 2.05) is 18.2 Å². The second-order valence-corrected chi connectivity index (χ2v) is 5.42. The van der Waals surface area contributed by atoms with E-state index in [1.54, 1.807) is 16.3 Å². The molecule has 0 N–H and O–H groups in total. The highest BCUT2D eigenvalue weighted by Crippen LogP contribution is 2.20. The third-order valence-corrected chi connectivity index (χ3v) is 3.83. The number of hydrogen-bond donors (Lipinski definition) is 0. The first-order valence-corrected chi connectivity index (χ1v) is 7.29. The molecule has 0 bridgehead atoms. The molecule has 0 aliphatic rings. The molecule has 0 radical (unpaired) electrons. The van der Waals surface area contributed by atoms with Crippen molar-refractivity contribution in [2.24, 2.45) is 0 Å². The molecule has 0 atom stereocenters. The zero-order valence-electron chi connectivity index (χ0n) is 11.2. The van der Waals surface area contributed by atoms with E-state index in [-0.39, 0.29) is 0 Å². The van der Waals surface area contributed by atoms with E-state index in [9.17, 15) is 0 Å². The SMILES string of the molecule is C=CCSc1nnc2ccc(-c3ccc(C)cc3)nn12. The maximum absolute atomic E-state index is 4.62. The zero-order chi connectivity index (χ0) is 13.9. The molecule has 0 spiro atoms. The lowest BCUT2D eigenvalue weighted by Crippen LogP contribution is -1.96. The van der Waals surface area contributed by atoms with Crippen LogP contribution in [0.25, 0.3) is 16.9 Å². The Morgan fingerprint density at radius 3 is 2.70 bits per heavy atom. The minimum atomic E-state index is 0.757. The van der Waals surface area contributed by atoms with Gasteiger partial charge in [0.2, 0.25) is 5.16 Å². The van der Waals surface area contributed by atoms with Gasteiger partial charge in [0.05, 0.1) is 5.69 Å². The molecule has 1 aromatic carbocycles. The first-order chi connectivity index (χ1) is 9.78. The number of fused-ring (bicyclic) bond motifs is 1. The summed E-state index contributed by atoms with van der Waals surface area (Å²) >= 11 is 1.57. The van der Waals surface area contributed by atoms with Gasteiger partial charge in [0.15, 0.2) is 5.65 Å². The summed E-state index contributed by atoms with van der Waals surface area (Å²) in [6.45, 7) is 5.79. The van der Waals surface area contributed by atoms with E-state index < -0.39 is 0 Å². The molecule has 0 aliphatic carbocycles. The van der Waals surface area contributed by atoms with E-state index in [2.05, 4.69) is 53.1 Å². The Morgan fingerprint density at radius 1 is 1.15 bits per heavy atom. The molecule has 2 heterocycles. The van der Waals surface area contributed by atoms with Crippen molar-refractivity contribution in [3.05, 3.63) is 54.6 Å². The summed E-state index contributed by atoms with van der Waals surface area (Å²) in [5, 5.41) is 13.7. The zero-order valence-corrected chi connectivity index (χ0v) is 12.0. The first-order valence-electron chi connectivity index (χ1n) is 6.31. The topological polar surface area (TPSA) is 43.1 Å². The Morgan fingerprint density at radius 2 is 1.95 bits per heavy atom. The normalized spacial score (nSPS) is 10.8. The Hall–Kier alpha value is -2.14. The molecular formula is C15H14N4S. The summed E-state index contributed by atoms with van der Waals surface area (Å²) in [5.74, 6) is 0.789. The van der Waals surface area contributed by atoms with Crippen molar-refractivity contribution in [2.75, 3.05) is 5.75 Å². The maximum Gasteiger partial charge on any atom is 0.212 e. The van der Waals surface area contributed by atoms with Gasteiger partial charge in [-0.3, -0.25) is 0 Å². The molecule has 3 aromatic rings. The van der Waals surface area contributed by atoms with Gasteiger partial charge in [-0.15, -0.1) is 16.8 Å². The van der Waals surface area contributed by atoms with Gasteiger partial charge in [0.1, 0.15) is 0 Å². The molecule has 0 unspecified atom stereocenters. The Bertz CT molecular complexity index is 746. The molecule has 5 heteroatoms. The summed E-state index contributed by atoms with van der Waals surface area (Å²) < 4.78 is 1.78. The smallest absolute Gasteiger partial charge is 0.187 e. The number of aryl methyl sites for hydroxylation is 1. The second-order valence-electron chi connectivity index (χ2n) is 4.44. The van der Waals surface area contributed by atoms with E-state index in [0.717, 1.165) is 27.8 Å². The molecule has 20 heavy (non-hydrogen) atoms. The van der Waals surface area contributed by atoms with Crippen molar-refractivity contribution >= 4 is 17.4 Å². The number of hydrogen-bond acceptors (Lipinski definition) is 4. The minimum absolute atomic E-state index is 0.757. The molecular weight excluding hydrogens is 268 g/mol. The van der Waals surface area contributed by atoms with Crippen LogP contribution in [0.5, 0.6) is 0 Å². The second kappa shape index (κ2) is 5.46. The van der Waals surface area contributed by atoms with Crippen LogP contribution in [0, 0.1) is 6.92 Å². The number of thioether (sulfide) groups is 1. The fraction of sp³-hybridized carbons (Fsp3) is 0.133. The van der Waals surface area contributed by atoms with Crippen LogP contribution < -0.4 is 0 Å². The lowest BCUT2D eigenvalue weighted by Gasteiger charge is -2.03. The number of nitrogens with zero attached hydrogens (tertiary/aromatic N) is 4. The summed E-state index contributed by atoms with van der Waals surface area (Å²) in [6, 6.07) is 12.2. The Balaban J connectivity index is 2.04. The van der Waals surface area contributed by atoms with Gasteiger partial charge in [0.25, 0.3) is 0 Å². The molecule has 2 aromatic heterocycles. The van der Waals surface area contributed by atoms with E-state index in [1.165, 1.54) is 5.56 Å². The van der Waals surface area contributed by atoms with Crippen molar-refractivity contribution in [3.8, 4) is 11.3 Å². The number of aromatic nitrogens is 4. The van der Waals surface area contributed by atoms with Gasteiger partial charge < -0.3 is 0 Å². The van der Waals surface area contributed by atoms with Crippen molar-refractivity contribution < 1.29 is 0 Å². The maximum atomic E-state index is 4.62. The van der Waals surface area contributed by atoms with Crippen molar-refractivity contribution in [1.82, 2.24) is 19.8 Å². The van der Waals surface area contributed by atoms with Gasteiger partial charge in [-0.25, -0.2) is 0 Å². The predicted octanol–water partition coefficient (Wildman–Crippen LogP) is 3.38. The highest BCUT2D eigenvalue weighted by molar-refractivity contribution is 7.99. The molecule has 0 aliphatic heterocycles. The van der Waals surface area contributed by atoms with Crippen LogP contribution in [-0.4, -0.2) is 25.6 Å². The highest BCUT2D eigenvalue weighted by Gasteiger charge is 2.08. The van der Waals surface area contributed by atoms with Crippen LogP contribution >= 0.6 is 11.8 Å². The predicted molar refractivity (Wildman–Crippen MR) is 81.9 cm³/mol. The summed E-state index contributed by atoms with van der Waals surface area (Å²) in [7, 11) is 0. The standard InChI is InChI=1S/C15H14N4S/c1-3-10-20-15-17-16-14-9-8-13(18-19(14)15)12-6-4-11(2)5-7-12/h3-9H,1,10H2,2H3. The summed E-state index contributed by atoms with van der Waals surface area (Å²) in [6.07, 6.45) is 1.84. The Labute approximate surface area is 121 Å². The summed E-state index contributed by atoms with van der Waals surface area (Å²) in [4.78, 5) is 0. The fourth-order valence-electron chi connectivity index (χ4n) is 1.87. The van der Waals surface area contributed by atoms with Gasteiger partial charge in [0, 0.05) is 11.3 Å². The molecule has 3 rings (SSSR count). The monoisotopic (exact) mass is 282 g/mol. The van der Waals surface area contributed by atoms with Crippen molar-refractivity contribution in [1.29, 1.82) is 0 Å². The van der Waals surface area contributed by atoms with E-state index in [4.69, 9.17) is 0 Å². The van der Waals surface area contributed by atoms with Gasteiger partial charge >= 0.3 is 0 Å². The van der Waals surface area contributed by atoms with Crippen LogP contribution in [-0.2, 0) is 0 Å². The summed E-state index contributed by atoms with van der Waals surface area (Å²) in [5.41, 5.74) is 4.00. The fourth-order valence-corrected chi connectivity index (χ4v) is 2.49. The number of rotatable bonds is 4. The van der Waals surface area contributed by atoms with Gasteiger partial charge in [-0.05, 0) is 19.1 Å². The lowest BCUT2D eigenvalue weighted by atomic mass is 10.1. The van der Waals surface area contributed by atoms with Crippen LogP contribution in [0.15, 0.2) is 54.2 Å². The van der Waals surface area contributed by atoms with Crippen LogP contribution in [0.3, 0.4) is 0 Å². The molecule has 0 amide bonds. The quantitative estimate of drug-likeness (QED) is 0.543. The van der Waals surface area contributed by atoms with Crippen LogP contribution in [0.4, 0.5) is 0 Å². The highest BCUT2D eigenvalue weighted by atomic mass is 32.2. The lowest BCUT2D eigenvalue weighted by molar-refractivity contribution is 0.814. The van der Waals surface area contributed by atoms with E-state index in [0.29, 0.717) is 0 Å². The van der Waals surface area contributed by atoms with Gasteiger partial charge in [-0.2, -0.15) is 9.61 Å². The molecule has 0 saturated carbocycles. The molecule has 0 fully saturated rings. The van der Waals surface area contributed by atoms with E-state index >= 15 is 0 Å². The van der Waals surface area contributed by atoms with Gasteiger partial charge in [-0.1, -0.05) is 47.7 Å². The van der Waals surface area contributed by atoms with Crippen LogP contribution in [0.1, 0.15) is 5.56 Å². The molecule has 4 nitrogen and oxygen atoms in total. The average Bonchev–Trinajstić information content (AvgIpc) is 2.88.